The topological polar surface area (TPSA) is 72.1 Å². The molecule has 27 heavy (non-hydrogen) atoms. The van der Waals surface area contributed by atoms with E-state index in [2.05, 4.69) is 32.4 Å². The summed E-state index contributed by atoms with van der Waals surface area (Å²) in [5, 5.41) is 3.44. The van der Waals surface area contributed by atoms with Gasteiger partial charge in [-0.3, -0.25) is 4.98 Å². The lowest BCUT2D eigenvalue weighted by Crippen LogP contribution is -2.28. The van der Waals surface area contributed by atoms with Crippen molar-refractivity contribution in [2.45, 2.75) is 32.9 Å². The molecule has 0 bridgehead atoms. The summed E-state index contributed by atoms with van der Waals surface area (Å²) >= 11 is 0. The molecule has 1 aliphatic rings. The Bertz CT molecular complexity index is 951. The summed E-state index contributed by atoms with van der Waals surface area (Å²) in [7, 11) is 1.69. The molecule has 0 spiro atoms. The van der Waals surface area contributed by atoms with Gasteiger partial charge < -0.3 is 19.8 Å². The fourth-order valence-electron chi connectivity index (χ4n) is 3.68. The number of aromatic nitrogens is 3. The van der Waals surface area contributed by atoms with Gasteiger partial charge in [-0.1, -0.05) is 12.1 Å². The number of aromatic amines is 1. The average molecular weight is 364 g/mol. The first kappa shape index (κ1) is 17.5. The van der Waals surface area contributed by atoms with Crippen LogP contribution in [-0.2, 0) is 13.2 Å². The molecule has 140 valence electrons. The van der Waals surface area contributed by atoms with E-state index < -0.39 is 0 Å². The maximum atomic E-state index is 6.05. The number of fused-ring (bicyclic) bond motifs is 1. The van der Waals surface area contributed by atoms with Crippen molar-refractivity contribution in [2.75, 3.05) is 13.7 Å². The second-order valence-electron chi connectivity index (χ2n) is 6.86. The molecule has 2 N–H and O–H groups in total. The van der Waals surface area contributed by atoms with E-state index in [9.17, 15) is 0 Å². The number of aryl methyl sites for hydroxylation is 1. The molecule has 4 rings (SSSR count). The first-order valence-corrected chi connectivity index (χ1v) is 9.12. The number of nitrogens with zero attached hydrogens (tertiary/aromatic N) is 2. The zero-order valence-electron chi connectivity index (χ0n) is 15.9. The average Bonchev–Trinajstić information content (AvgIpc) is 3.17. The van der Waals surface area contributed by atoms with Crippen LogP contribution in [0.4, 0.5) is 0 Å². The molecule has 3 aromatic rings. The van der Waals surface area contributed by atoms with Crippen molar-refractivity contribution < 1.29 is 9.47 Å². The third-order valence-electron chi connectivity index (χ3n) is 5.12. The highest BCUT2D eigenvalue weighted by Crippen LogP contribution is 2.30. The summed E-state index contributed by atoms with van der Waals surface area (Å²) in [6, 6.07) is 8.23. The standard InChI is InChI=1S/C21H24N4O2/c1-13-8-23-19(14(2)21(13)26-3)11-27-16-6-4-5-15(7-16)17-9-22-10-18-20(17)25-12-24-18/h4-8,12,17,22H,9-11H2,1-3H3,(H,24,25). The third kappa shape index (κ3) is 3.40. The molecule has 6 heteroatoms. The van der Waals surface area contributed by atoms with Crippen LogP contribution in [0.15, 0.2) is 36.8 Å². The van der Waals surface area contributed by atoms with Crippen molar-refractivity contribution in [1.82, 2.24) is 20.3 Å². The summed E-state index contributed by atoms with van der Waals surface area (Å²) in [4.78, 5) is 12.2. The predicted octanol–water partition coefficient (Wildman–Crippen LogP) is 3.24. The highest BCUT2D eigenvalue weighted by molar-refractivity contribution is 5.41. The van der Waals surface area contributed by atoms with E-state index in [-0.39, 0.29) is 5.92 Å². The van der Waals surface area contributed by atoms with Crippen LogP contribution in [0.5, 0.6) is 11.5 Å². The van der Waals surface area contributed by atoms with Gasteiger partial charge >= 0.3 is 0 Å². The van der Waals surface area contributed by atoms with Gasteiger partial charge in [0.2, 0.25) is 0 Å². The quantitative estimate of drug-likeness (QED) is 0.727. The molecule has 1 aromatic carbocycles. The Morgan fingerprint density at radius 2 is 2.11 bits per heavy atom. The van der Waals surface area contributed by atoms with E-state index in [4.69, 9.17) is 9.47 Å². The van der Waals surface area contributed by atoms with Crippen LogP contribution in [0.3, 0.4) is 0 Å². The monoisotopic (exact) mass is 364 g/mol. The van der Waals surface area contributed by atoms with Gasteiger partial charge in [-0.05, 0) is 31.5 Å². The number of methoxy groups -OCH3 is 1. The molecule has 0 radical (unpaired) electrons. The molecule has 0 amide bonds. The number of nitrogens with one attached hydrogen (secondary N) is 2. The largest absolute Gasteiger partial charge is 0.496 e. The van der Waals surface area contributed by atoms with Crippen molar-refractivity contribution >= 4 is 0 Å². The molecule has 0 aliphatic carbocycles. The zero-order valence-corrected chi connectivity index (χ0v) is 15.9. The number of hydrogen-bond acceptors (Lipinski definition) is 5. The molecule has 0 fully saturated rings. The van der Waals surface area contributed by atoms with E-state index in [1.165, 1.54) is 5.56 Å². The highest BCUT2D eigenvalue weighted by atomic mass is 16.5. The van der Waals surface area contributed by atoms with Crippen molar-refractivity contribution in [3.63, 3.8) is 0 Å². The lowest BCUT2D eigenvalue weighted by atomic mass is 9.92. The molecule has 3 heterocycles. The van der Waals surface area contributed by atoms with E-state index in [1.807, 2.05) is 32.2 Å². The van der Waals surface area contributed by atoms with E-state index in [0.717, 1.165) is 52.8 Å². The van der Waals surface area contributed by atoms with E-state index in [0.29, 0.717) is 6.61 Å². The fourth-order valence-corrected chi connectivity index (χ4v) is 3.68. The first-order valence-electron chi connectivity index (χ1n) is 9.12. The smallest absolute Gasteiger partial charge is 0.131 e. The van der Waals surface area contributed by atoms with Gasteiger partial charge in [0.25, 0.3) is 0 Å². The zero-order chi connectivity index (χ0) is 18.8. The maximum Gasteiger partial charge on any atom is 0.131 e. The number of rotatable bonds is 5. The Labute approximate surface area is 159 Å². The van der Waals surface area contributed by atoms with Crippen LogP contribution >= 0.6 is 0 Å². The van der Waals surface area contributed by atoms with Crippen LogP contribution in [-0.4, -0.2) is 28.6 Å². The number of benzene rings is 1. The lowest BCUT2D eigenvalue weighted by Gasteiger charge is -2.23. The molecule has 6 nitrogen and oxygen atoms in total. The second-order valence-corrected chi connectivity index (χ2v) is 6.86. The van der Waals surface area contributed by atoms with Crippen LogP contribution in [0.1, 0.15) is 39.7 Å². The van der Waals surface area contributed by atoms with Crippen molar-refractivity contribution in [2.24, 2.45) is 0 Å². The molecule has 2 aromatic heterocycles. The highest BCUT2D eigenvalue weighted by Gasteiger charge is 2.24. The van der Waals surface area contributed by atoms with Gasteiger partial charge in [0.1, 0.15) is 18.1 Å². The van der Waals surface area contributed by atoms with Gasteiger partial charge in [-0.2, -0.15) is 0 Å². The Morgan fingerprint density at radius 1 is 1.22 bits per heavy atom. The van der Waals surface area contributed by atoms with Gasteiger partial charge in [0.15, 0.2) is 0 Å². The molecular formula is C21H24N4O2. The molecular weight excluding hydrogens is 340 g/mol. The lowest BCUT2D eigenvalue weighted by molar-refractivity contribution is 0.298. The van der Waals surface area contributed by atoms with Gasteiger partial charge in [-0.15, -0.1) is 0 Å². The van der Waals surface area contributed by atoms with Crippen LogP contribution in [0.2, 0.25) is 0 Å². The summed E-state index contributed by atoms with van der Waals surface area (Å²) in [5.74, 6) is 1.93. The minimum atomic E-state index is 0.225. The summed E-state index contributed by atoms with van der Waals surface area (Å²) in [5.41, 5.74) is 6.40. The van der Waals surface area contributed by atoms with Gasteiger partial charge in [-0.25, -0.2) is 4.98 Å². The van der Waals surface area contributed by atoms with Crippen LogP contribution in [0, 0.1) is 13.8 Å². The Kier molecular flexibility index (Phi) is 4.81. The van der Waals surface area contributed by atoms with Gasteiger partial charge in [0.05, 0.1) is 30.5 Å². The normalized spacial score (nSPS) is 16.0. The number of pyridine rings is 1. The minimum absolute atomic E-state index is 0.225. The first-order chi connectivity index (χ1) is 13.2. The number of hydrogen-bond donors (Lipinski definition) is 2. The summed E-state index contributed by atoms with van der Waals surface area (Å²) in [6.45, 7) is 6.12. The fraction of sp³-hybridized carbons (Fsp3) is 0.333. The summed E-state index contributed by atoms with van der Waals surface area (Å²) in [6.07, 6.45) is 3.60. The number of ether oxygens (including phenoxy) is 2. The van der Waals surface area contributed by atoms with Crippen molar-refractivity contribution in [3.8, 4) is 11.5 Å². The van der Waals surface area contributed by atoms with Crippen molar-refractivity contribution in [3.05, 3.63) is 70.6 Å². The van der Waals surface area contributed by atoms with Crippen LogP contribution < -0.4 is 14.8 Å². The molecule has 1 atom stereocenters. The van der Waals surface area contributed by atoms with E-state index >= 15 is 0 Å². The maximum absolute atomic E-state index is 6.05. The third-order valence-corrected chi connectivity index (χ3v) is 5.12. The number of H-pyrrole nitrogens is 1. The Balaban J connectivity index is 1.53. The SMILES string of the molecule is COc1c(C)cnc(COc2cccc(C3CNCc4[nH]cnc43)c2)c1C. The predicted molar refractivity (Wildman–Crippen MR) is 103 cm³/mol. The minimum Gasteiger partial charge on any atom is -0.496 e. The molecule has 1 aliphatic heterocycles. The van der Waals surface area contributed by atoms with Crippen LogP contribution in [0.25, 0.3) is 0 Å². The van der Waals surface area contributed by atoms with Crippen molar-refractivity contribution in [1.29, 1.82) is 0 Å². The molecule has 1 unspecified atom stereocenters. The van der Waals surface area contributed by atoms with Gasteiger partial charge in [0, 0.05) is 36.3 Å². The Hall–Kier alpha value is -2.86. The Morgan fingerprint density at radius 3 is 2.96 bits per heavy atom. The van der Waals surface area contributed by atoms with E-state index in [1.54, 1.807) is 13.4 Å². The molecule has 0 saturated carbocycles. The summed E-state index contributed by atoms with van der Waals surface area (Å²) < 4.78 is 11.5. The second kappa shape index (κ2) is 7.40. The molecule has 0 saturated heterocycles. The number of imidazole rings is 1.